The molecular weight excluding hydrogens is 416 g/mol. The van der Waals surface area contributed by atoms with Crippen molar-refractivity contribution in [2.45, 2.75) is 24.8 Å². The second-order valence-corrected chi connectivity index (χ2v) is 9.95. The minimum atomic E-state index is -3.65. The fourth-order valence-corrected chi connectivity index (χ4v) is 5.03. The Morgan fingerprint density at radius 3 is 2.55 bits per heavy atom. The average Bonchev–Trinajstić information content (AvgIpc) is 3.18. The van der Waals surface area contributed by atoms with E-state index in [1.807, 2.05) is 25.6 Å². The smallest absolute Gasteiger partial charge is 0.255 e. The lowest BCUT2D eigenvalue weighted by Gasteiger charge is -2.31. The summed E-state index contributed by atoms with van der Waals surface area (Å²) in [7, 11) is -1.68. The van der Waals surface area contributed by atoms with Gasteiger partial charge in [-0.2, -0.15) is 9.40 Å². The van der Waals surface area contributed by atoms with Crippen molar-refractivity contribution in [2.75, 3.05) is 38.5 Å². The van der Waals surface area contributed by atoms with Gasteiger partial charge in [-0.25, -0.2) is 18.1 Å². The number of likely N-dealkylation sites (N-methyl/N-ethyl adjacent to an activating group) is 1. The first-order valence-electron chi connectivity index (χ1n) is 10.2. The monoisotopic (exact) mass is 442 g/mol. The maximum absolute atomic E-state index is 13.0. The first-order valence-corrected chi connectivity index (χ1v) is 11.6. The van der Waals surface area contributed by atoms with Crippen LogP contribution in [0.5, 0.6) is 0 Å². The molecule has 1 saturated heterocycles. The second kappa shape index (κ2) is 8.37. The van der Waals surface area contributed by atoms with E-state index in [1.54, 1.807) is 30.6 Å². The van der Waals surface area contributed by atoms with Crippen LogP contribution in [-0.4, -0.2) is 71.5 Å². The molecule has 3 heterocycles. The number of anilines is 1. The molecule has 4 rings (SSSR count). The summed E-state index contributed by atoms with van der Waals surface area (Å²) in [6.07, 6.45) is 3.28. The lowest BCUT2D eigenvalue weighted by Crippen LogP contribution is -2.47. The summed E-state index contributed by atoms with van der Waals surface area (Å²) < 4.78 is 29.3. The molecule has 0 aliphatic carbocycles. The summed E-state index contributed by atoms with van der Waals surface area (Å²) >= 11 is 0. The standard InChI is InChI=1S/C21H26N6O3S/c1-15(2)27-20-17(13-23-27)11-18(14-22-20)24-21(28)16-5-4-6-19(12-16)31(29,30)26-9-7-25(3)8-10-26/h4-6,11-15H,7-10H2,1-3H3,(H,24,28). The number of carbonyl (C=O) groups is 1. The molecule has 1 fully saturated rings. The summed E-state index contributed by atoms with van der Waals surface area (Å²) in [5, 5.41) is 7.94. The first-order chi connectivity index (χ1) is 14.8. The molecule has 1 amide bonds. The number of fused-ring (bicyclic) bond motifs is 1. The van der Waals surface area contributed by atoms with Gasteiger partial charge >= 0.3 is 0 Å². The minimum Gasteiger partial charge on any atom is -0.321 e. The quantitative estimate of drug-likeness (QED) is 0.650. The zero-order chi connectivity index (χ0) is 22.2. The van der Waals surface area contributed by atoms with E-state index in [0.29, 0.717) is 31.9 Å². The van der Waals surface area contributed by atoms with Crippen molar-refractivity contribution in [3.63, 3.8) is 0 Å². The Kier molecular flexibility index (Phi) is 5.78. The number of amides is 1. The van der Waals surface area contributed by atoms with Crippen LogP contribution in [0.2, 0.25) is 0 Å². The highest BCUT2D eigenvalue weighted by molar-refractivity contribution is 7.89. The van der Waals surface area contributed by atoms with Crippen LogP contribution in [-0.2, 0) is 10.0 Å². The number of benzene rings is 1. The maximum Gasteiger partial charge on any atom is 0.255 e. The Morgan fingerprint density at radius 1 is 1.10 bits per heavy atom. The predicted octanol–water partition coefficient (Wildman–Crippen LogP) is 2.20. The Hall–Kier alpha value is -2.82. The molecule has 31 heavy (non-hydrogen) atoms. The van der Waals surface area contributed by atoms with E-state index in [-0.39, 0.29) is 16.5 Å². The van der Waals surface area contributed by atoms with Crippen LogP contribution in [0, 0.1) is 0 Å². The lowest BCUT2D eigenvalue weighted by atomic mass is 10.2. The van der Waals surface area contributed by atoms with E-state index in [1.165, 1.54) is 16.4 Å². The van der Waals surface area contributed by atoms with Crippen molar-refractivity contribution >= 4 is 32.7 Å². The van der Waals surface area contributed by atoms with E-state index in [4.69, 9.17) is 0 Å². The third kappa shape index (κ3) is 4.32. The van der Waals surface area contributed by atoms with Crippen LogP contribution in [0.3, 0.4) is 0 Å². The van der Waals surface area contributed by atoms with Gasteiger partial charge < -0.3 is 10.2 Å². The van der Waals surface area contributed by atoms with Gasteiger partial charge in [-0.3, -0.25) is 4.79 Å². The Labute approximate surface area is 181 Å². The van der Waals surface area contributed by atoms with Crippen LogP contribution in [0.1, 0.15) is 30.2 Å². The zero-order valence-corrected chi connectivity index (χ0v) is 18.6. The molecule has 10 heteroatoms. The molecule has 164 valence electrons. The van der Waals surface area contributed by atoms with E-state index in [9.17, 15) is 13.2 Å². The molecule has 0 atom stereocenters. The van der Waals surface area contributed by atoms with E-state index >= 15 is 0 Å². The predicted molar refractivity (Wildman–Crippen MR) is 119 cm³/mol. The van der Waals surface area contributed by atoms with Crippen LogP contribution in [0.15, 0.2) is 47.6 Å². The fraction of sp³-hybridized carbons (Fsp3) is 0.381. The SMILES string of the molecule is CC(C)n1ncc2cc(NC(=O)c3cccc(S(=O)(=O)N4CCN(C)CC4)c3)cnc21. The number of sulfonamides is 1. The number of aromatic nitrogens is 3. The van der Waals surface area contributed by atoms with Gasteiger partial charge in [0.15, 0.2) is 5.65 Å². The number of carbonyl (C=O) groups excluding carboxylic acids is 1. The third-order valence-corrected chi connectivity index (χ3v) is 7.27. The molecule has 0 unspecified atom stereocenters. The van der Waals surface area contributed by atoms with E-state index in [2.05, 4.69) is 20.3 Å². The number of hydrogen-bond acceptors (Lipinski definition) is 6. The summed E-state index contributed by atoms with van der Waals surface area (Å²) in [5.74, 6) is -0.396. The molecule has 0 bridgehead atoms. The van der Waals surface area contributed by atoms with Crippen molar-refractivity contribution in [3.8, 4) is 0 Å². The molecule has 0 radical (unpaired) electrons. The Balaban J connectivity index is 1.54. The number of hydrogen-bond donors (Lipinski definition) is 1. The lowest BCUT2D eigenvalue weighted by molar-refractivity contribution is 0.102. The molecule has 3 aromatic rings. The fourth-order valence-electron chi connectivity index (χ4n) is 3.56. The van der Waals surface area contributed by atoms with E-state index < -0.39 is 15.9 Å². The van der Waals surface area contributed by atoms with Crippen molar-refractivity contribution in [2.24, 2.45) is 0 Å². The highest BCUT2D eigenvalue weighted by Crippen LogP contribution is 2.21. The molecule has 9 nitrogen and oxygen atoms in total. The van der Waals surface area contributed by atoms with Crippen LogP contribution in [0.4, 0.5) is 5.69 Å². The van der Waals surface area contributed by atoms with Crippen LogP contribution < -0.4 is 5.32 Å². The van der Waals surface area contributed by atoms with E-state index in [0.717, 1.165) is 11.0 Å². The maximum atomic E-state index is 13.0. The highest BCUT2D eigenvalue weighted by atomic mass is 32.2. The molecule has 1 aliphatic rings. The number of piperazine rings is 1. The van der Waals surface area contributed by atoms with Gasteiger partial charge in [0.05, 0.1) is 23.0 Å². The summed E-state index contributed by atoms with van der Waals surface area (Å²) in [6.45, 7) is 6.28. The zero-order valence-electron chi connectivity index (χ0n) is 17.8. The number of rotatable bonds is 5. The highest BCUT2D eigenvalue weighted by Gasteiger charge is 2.28. The Morgan fingerprint density at radius 2 is 1.84 bits per heavy atom. The summed E-state index contributed by atoms with van der Waals surface area (Å²) in [6, 6.07) is 8.11. The van der Waals surface area contributed by atoms with Gasteiger partial charge in [0.25, 0.3) is 5.91 Å². The second-order valence-electron chi connectivity index (χ2n) is 8.01. The first kappa shape index (κ1) is 21.4. The number of pyridine rings is 1. The van der Waals surface area contributed by atoms with Crippen LogP contribution >= 0.6 is 0 Å². The van der Waals surface area contributed by atoms with Crippen LogP contribution in [0.25, 0.3) is 11.0 Å². The van der Waals surface area contributed by atoms with Gasteiger partial charge in [-0.05, 0) is 45.2 Å². The Bertz CT molecular complexity index is 1210. The molecule has 1 aliphatic heterocycles. The van der Waals surface area contributed by atoms with Gasteiger partial charge in [0.1, 0.15) is 0 Å². The van der Waals surface area contributed by atoms with Crippen molar-refractivity contribution in [1.82, 2.24) is 24.0 Å². The largest absolute Gasteiger partial charge is 0.321 e. The third-order valence-electron chi connectivity index (χ3n) is 5.38. The topological polar surface area (TPSA) is 100 Å². The van der Waals surface area contributed by atoms with Gasteiger partial charge in [-0.1, -0.05) is 6.07 Å². The molecule has 1 aromatic carbocycles. The molecular formula is C21H26N6O3S. The molecule has 0 saturated carbocycles. The average molecular weight is 443 g/mol. The molecule has 1 N–H and O–H groups in total. The van der Waals surface area contributed by atoms with Gasteiger partial charge in [-0.15, -0.1) is 0 Å². The van der Waals surface area contributed by atoms with Crippen molar-refractivity contribution < 1.29 is 13.2 Å². The summed E-state index contributed by atoms with van der Waals surface area (Å²) in [5.41, 5.74) is 1.54. The normalized spacial score (nSPS) is 16.1. The number of nitrogens with zero attached hydrogens (tertiary/aromatic N) is 5. The van der Waals surface area contributed by atoms with Gasteiger partial charge in [0.2, 0.25) is 10.0 Å². The van der Waals surface area contributed by atoms with Crippen molar-refractivity contribution in [1.29, 1.82) is 0 Å². The van der Waals surface area contributed by atoms with Gasteiger partial charge in [0, 0.05) is 43.2 Å². The molecule has 0 spiro atoms. The minimum absolute atomic E-state index is 0.122. The molecule has 2 aromatic heterocycles. The number of nitrogens with one attached hydrogen (secondary N) is 1. The van der Waals surface area contributed by atoms with Crippen molar-refractivity contribution in [3.05, 3.63) is 48.3 Å². The summed E-state index contributed by atoms with van der Waals surface area (Å²) in [4.78, 5) is 19.4.